The molecule has 0 saturated carbocycles. The predicted octanol–water partition coefficient (Wildman–Crippen LogP) is 5.22. The number of unbranched alkanes of at least 4 members (excludes halogenated alkanes) is 10. The van der Waals surface area contributed by atoms with Crippen molar-refractivity contribution in [3.05, 3.63) is 0 Å². The van der Waals surface area contributed by atoms with Crippen LogP contribution in [0.15, 0.2) is 0 Å². The van der Waals surface area contributed by atoms with Crippen LogP contribution in [0.2, 0.25) is 0 Å². The lowest BCUT2D eigenvalue weighted by Gasteiger charge is -2.22. The molecule has 0 aliphatic carbocycles. The maximum atomic E-state index is 8.70. The molecule has 4 heteroatoms. The molecule has 150 valence electrons. The number of ether oxygens (including phenoxy) is 3. The van der Waals surface area contributed by atoms with Gasteiger partial charge in [-0.1, -0.05) is 51.4 Å². The van der Waals surface area contributed by atoms with E-state index in [0.29, 0.717) is 6.61 Å². The lowest BCUT2D eigenvalue weighted by molar-refractivity contribution is -0.162. The van der Waals surface area contributed by atoms with Crippen molar-refractivity contribution < 1.29 is 19.3 Å². The molecule has 0 aromatic rings. The van der Waals surface area contributed by atoms with Crippen molar-refractivity contribution in [3.8, 4) is 0 Å². The first-order valence-corrected chi connectivity index (χ1v) is 10.9. The van der Waals surface area contributed by atoms with Gasteiger partial charge in [-0.25, -0.2) is 0 Å². The summed E-state index contributed by atoms with van der Waals surface area (Å²) in [5.74, 6) is 0. The van der Waals surface area contributed by atoms with Gasteiger partial charge in [0, 0.05) is 33.0 Å². The molecule has 0 bridgehead atoms. The second kappa shape index (κ2) is 18.6. The zero-order chi connectivity index (χ0) is 17.8. The van der Waals surface area contributed by atoms with Crippen molar-refractivity contribution in [2.75, 3.05) is 33.0 Å². The highest BCUT2D eigenvalue weighted by atomic mass is 16.7. The van der Waals surface area contributed by atoms with E-state index in [1.807, 2.05) is 0 Å². The number of hydrogen-bond acceptors (Lipinski definition) is 4. The summed E-state index contributed by atoms with van der Waals surface area (Å²) in [6.45, 7) is 3.91. The van der Waals surface area contributed by atoms with Crippen LogP contribution in [0.25, 0.3) is 0 Å². The highest BCUT2D eigenvalue weighted by Gasteiger charge is 2.13. The Morgan fingerprint density at radius 2 is 1.24 bits per heavy atom. The van der Waals surface area contributed by atoms with Crippen molar-refractivity contribution in [1.82, 2.24) is 0 Å². The molecule has 0 radical (unpaired) electrons. The minimum Gasteiger partial charge on any atom is -0.396 e. The summed E-state index contributed by atoms with van der Waals surface area (Å²) in [4.78, 5) is 0. The van der Waals surface area contributed by atoms with Gasteiger partial charge in [-0.05, 0) is 44.9 Å². The van der Waals surface area contributed by atoms with E-state index in [-0.39, 0.29) is 6.29 Å². The van der Waals surface area contributed by atoms with E-state index < -0.39 is 0 Å². The Hall–Kier alpha value is -0.160. The van der Waals surface area contributed by atoms with E-state index in [4.69, 9.17) is 19.3 Å². The first kappa shape index (κ1) is 22.9. The smallest absolute Gasteiger partial charge is 0.157 e. The molecule has 0 amide bonds. The van der Waals surface area contributed by atoms with Crippen molar-refractivity contribution in [2.45, 2.75) is 103 Å². The van der Waals surface area contributed by atoms with Crippen molar-refractivity contribution in [1.29, 1.82) is 0 Å². The van der Waals surface area contributed by atoms with Gasteiger partial charge in [-0.15, -0.1) is 0 Å². The average molecular weight is 359 g/mol. The molecule has 1 aliphatic rings. The topological polar surface area (TPSA) is 47.9 Å². The van der Waals surface area contributed by atoms with Gasteiger partial charge in [0.1, 0.15) is 0 Å². The zero-order valence-corrected chi connectivity index (χ0v) is 16.4. The summed E-state index contributed by atoms with van der Waals surface area (Å²) < 4.78 is 17.0. The molecule has 0 spiro atoms. The number of hydrogen-bond donors (Lipinski definition) is 1. The van der Waals surface area contributed by atoms with Crippen LogP contribution in [-0.4, -0.2) is 44.4 Å². The molecule has 1 rings (SSSR count). The van der Waals surface area contributed by atoms with Gasteiger partial charge in [0.2, 0.25) is 0 Å². The Bertz CT molecular complexity index is 254. The van der Waals surface area contributed by atoms with Gasteiger partial charge in [0.25, 0.3) is 0 Å². The largest absolute Gasteiger partial charge is 0.396 e. The predicted molar refractivity (Wildman–Crippen MR) is 103 cm³/mol. The van der Waals surface area contributed by atoms with Crippen LogP contribution in [0.3, 0.4) is 0 Å². The number of aliphatic hydroxyl groups is 1. The minimum absolute atomic E-state index is 0.0754. The molecule has 1 saturated heterocycles. The highest BCUT2D eigenvalue weighted by Crippen LogP contribution is 2.14. The van der Waals surface area contributed by atoms with Gasteiger partial charge in [-0.3, -0.25) is 0 Å². The van der Waals surface area contributed by atoms with Crippen molar-refractivity contribution in [3.63, 3.8) is 0 Å². The normalized spacial score (nSPS) is 17.9. The third kappa shape index (κ3) is 15.8. The fraction of sp³-hybridized carbons (Fsp3) is 1.00. The zero-order valence-electron chi connectivity index (χ0n) is 16.4. The fourth-order valence-electron chi connectivity index (χ4n) is 3.20. The van der Waals surface area contributed by atoms with Crippen LogP contribution in [0, 0.1) is 0 Å². The summed E-state index contributed by atoms with van der Waals surface area (Å²) in [6, 6.07) is 0. The van der Waals surface area contributed by atoms with Crippen LogP contribution in [0.1, 0.15) is 96.3 Å². The first-order chi connectivity index (χ1) is 12.4. The fourth-order valence-corrected chi connectivity index (χ4v) is 3.20. The SMILES string of the molecule is OCCCCCCCCOCCCCCCCCOC1CCCCO1. The van der Waals surface area contributed by atoms with Gasteiger partial charge in [0.05, 0.1) is 0 Å². The highest BCUT2D eigenvalue weighted by molar-refractivity contribution is 4.54. The average Bonchev–Trinajstić information content (AvgIpc) is 2.65. The standard InChI is InChI=1S/C21H42O4/c22-16-10-5-1-2-6-11-17-23-18-12-7-3-4-8-13-19-24-21-15-9-14-20-25-21/h21-22H,1-20H2. The maximum Gasteiger partial charge on any atom is 0.157 e. The van der Waals surface area contributed by atoms with Crippen molar-refractivity contribution >= 4 is 0 Å². The van der Waals surface area contributed by atoms with Crippen LogP contribution in [-0.2, 0) is 14.2 Å². The molecule has 1 atom stereocenters. The molecular weight excluding hydrogens is 316 g/mol. The summed E-state index contributed by atoms with van der Waals surface area (Å²) in [6.07, 6.45) is 18.2. The third-order valence-electron chi connectivity index (χ3n) is 4.82. The Balaban J connectivity index is 1.65. The summed E-state index contributed by atoms with van der Waals surface area (Å²) >= 11 is 0. The van der Waals surface area contributed by atoms with E-state index in [1.165, 1.54) is 70.6 Å². The molecule has 0 aromatic heterocycles. The second-order valence-electron chi connectivity index (χ2n) is 7.25. The Morgan fingerprint density at radius 3 is 1.80 bits per heavy atom. The molecular formula is C21H42O4. The van der Waals surface area contributed by atoms with Crippen LogP contribution in [0.4, 0.5) is 0 Å². The van der Waals surface area contributed by atoms with Crippen LogP contribution in [0.5, 0.6) is 0 Å². The molecule has 1 unspecified atom stereocenters. The van der Waals surface area contributed by atoms with Gasteiger partial charge < -0.3 is 19.3 Å². The number of rotatable bonds is 18. The van der Waals surface area contributed by atoms with Gasteiger partial charge >= 0.3 is 0 Å². The lowest BCUT2D eigenvalue weighted by Crippen LogP contribution is -2.22. The van der Waals surface area contributed by atoms with E-state index >= 15 is 0 Å². The second-order valence-corrected chi connectivity index (χ2v) is 7.25. The first-order valence-electron chi connectivity index (χ1n) is 10.9. The molecule has 0 aromatic carbocycles. The monoisotopic (exact) mass is 358 g/mol. The Morgan fingerprint density at radius 1 is 0.680 bits per heavy atom. The van der Waals surface area contributed by atoms with E-state index in [0.717, 1.165) is 52.1 Å². The third-order valence-corrected chi connectivity index (χ3v) is 4.82. The van der Waals surface area contributed by atoms with E-state index in [2.05, 4.69) is 0 Å². The lowest BCUT2D eigenvalue weighted by atomic mass is 10.1. The molecule has 1 aliphatic heterocycles. The van der Waals surface area contributed by atoms with Gasteiger partial charge in [0.15, 0.2) is 6.29 Å². The molecule has 1 N–H and O–H groups in total. The molecule has 25 heavy (non-hydrogen) atoms. The number of aliphatic hydroxyl groups excluding tert-OH is 1. The Labute approximate surface area is 155 Å². The van der Waals surface area contributed by atoms with Crippen molar-refractivity contribution in [2.24, 2.45) is 0 Å². The molecule has 1 heterocycles. The van der Waals surface area contributed by atoms with E-state index in [9.17, 15) is 0 Å². The summed E-state index contributed by atoms with van der Waals surface area (Å²) in [7, 11) is 0. The van der Waals surface area contributed by atoms with Gasteiger partial charge in [-0.2, -0.15) is 0 Å². The molecule has 4 nitrogen and oxygen atoms in total. The minimum atomic E-state index is 0.0754. The quantitative estimate of drug-likeness (QED) is 0.341. The van der Waals surface area contributed by atoms with Crippen LogP contribution >= 0.6 is 0 Å². The van der Waals surface area contributed by atoms with Crippen LogP contribution < -0.4 is 0 Å². The maximum absolute atomic E-state index is 8.70. The molecule has 1 fully saturated rings. The Kier molecular flexibility index (Phi) is 17.0. The summed E-state index contributed by atoms with van der Waals surface area (Å²) in [5, 5.41) is 8.70. The summed E-state index contributed by atoms with van der Waals surface area (Å²) in [5.41, 5.74) is 0. The van der Waals surface area contributed by atoms with E-state index in [1.54, 1.807) is 0 Å².